The molecule has 0 fully saturated rings. The zero-order valence-corrected chi connectivity index (χ0v) is 11.9. The molecule has 1 amide bonds. The van der Waals surface area contributed by atoms with E-state index in [1.54, 1.807) is 29.4 Å². The van der Waals surface area contributed by atoms with Crippen LogP contribution in [0.3, 0.4) is 0 Å². The van der Waals surface area contributed by atoms with Crippen LogP contribution < -0.4 is 11.1 Å². The fourth-order valence-electron chi connectivity index (χ4n) is 1.91. The lowest BCUT2D eigenvalue weighted by Crippen LogP contribution is -2.42. The molecule has 2 rings (SSSR count). The quantitative estimate of drug-likeness (QED) is 0.886. The van der Waals surface area contributed by atoms with E-state index in [-0.39, 0.29) is 18.0 Å². The maximum Gasteiger partial charge on any atom is 0.240 e. The number of rotatable bonds is 3. The van der Waals surface area contributed by atoms with Crippen molar-refractivity contribution in [3.05, 3.63) is 30.9 Å². The molecule has 106 valence electrons. The second-order valence-electron chi connectivity index (χ2n) is 5.67. The molecule has 0 saturated carbocycles. The van der Waals surface area contributed by atoms with Crippen LogP contribution in [0.2, 0.25) is 0 Å². The van der Waals surface area contributed by atoms with Gasteiger partial charge in [-0.05, 0) is 32.9 Å². The molecule has 0 atom stereocenters. The van der Waals surface area contributed by atoms with Crippen LogP contribution in [0.5, 0.6) is 0 Å². The van der Waals surface area contributed by atoms with Gasteiger partial charge in [0.2, 0.25) is 5.91 Å². The minimum Gasteiger partial charge on any atom is -0.384 e. The summed E-state index contributed by atoms with van der Waals surface area (Å²) in [5.41, 5.74) is 7.15. The molecule has 0 aliphatic rings. The first kappa shape index (κ1) is 14.0. The summed E-state index contributed by atoms with van der Waals surface area (Å²) in [4.78, 5) is 20.0. The molecular weight excluding hydrogens is 254 g/mol. The summed E-state index contributed by atoms with van der Waals surface area (Å²) in [6.07, 6.45) is 4.98. The second kappa shape index (κ2) is 5.32. The maximum atomic E-state index is 12.0. The van der Waals surface area contributed by atoms with Crippen molar-refractivity contribution in [2.45, 2.75) is 32.9 Å². The monoisotopic (exact) mass is 273 g/mol. The van der Waals surface area contributed by atoms with E-state index < -0.39 is 0 Å². The van der Waals surface area contributed by atoms with Gasteiger partial charge in [-0.2, -0.15) is 0 Å². The van der Waals surface area contributed by atoms with E-state index in [4.69, 9.17) is 5.73 Å². The highest BCUT2D eigenvalue weighted by Gasteiger charge is 2.15. The molecule has 0 saturated heterocycles. The van der Waals surface area contributed by atoms with Crippen molar-refractivity contribution in [1.82, 2.24) is 19.9 Å². The SMILES string of the molecule is CC(C)(C)NC(=O)Cn1cncc1-c1ccnc(N)c1. The lowest BCUT2D eigenvalue weighted by atomic mass is 10.1. The predicted molar refractivity (Wildman–Crippen MR) is 77.8 cm³/mol. The van der Waals surface area contributed by atoms with Crippen molar-refractivity contribution in [2.75, 3.05) is 5.73 Å². The number of hydrogen-bond acceptors (Lipinski definition) is 4. The number of amides is 1. The van der Waals surface area contributed by atoms with Gasteiger partial charge in [-0.25, -0.2) is 9.97 Å². The van der Waals surface area contributed by atoms with Crippen molar-refractivity contribution in [1.29, 1.82) is 0 Å². The molecule has 0 spiro atoms. The van der Waals surface area contributed by atoms with Crippen molar-refractivity contribution in [3.63, 3.8) is 0 Å². The van der Waals surface area contributed by atoms with Gasteiger partial charge in [0.15, 0.2) is 0 Å². The molecule has 2 aromatic heterocycles. The third-order valence-corrected chi connectivity index (χ3v) is 2.62. The largest absolute Gasteiger partial charge is 0.384 e. The van der Waals surface area contributed by atoms with E-state index in [9.17, 15) is 4.79 Å². The summed E-state index contributed by atoms with van der Waals surface area (Å²) >= 11 is 0. The Hall–Kier alpha value is -2.37. The van der Waals surface area contributed by atoms with Crippen LogP contribution in [0.1, 0.15) is 20.8 Å². The molecular formula is C14H19N5O. The molecule has 20 heavy (non-hydrogen) atoms. The Balaban J connectivity index is 2.19. The topological polar surface area (TPSA) is 85.8 Å². The second-order valence-corrected chi connectivity index (χ2v) is 5.67. The van der Waals surface area contributed by atoms with E-state index in [2.05, 4.69) is 15.3 Å². The minimum atomic E-state index is -0.251. The van der Waals surface area contributed by atoms with Gasteiger partial charge in [-0.3, -0.25) is 4.79 Å². The first-order chi connectivity index (χ1) is 9.35. The number of nitrogen functional groups attached to an aromatic ring is 1. The number of nitrogens with two attached hydrogens (primary N) is 1. The maximum absolute atomic E-state index is 12.0. The third-order valence-electron chi connectivity index (χ3n) is 2.62. The zero-order chi connectivity index (χ0) is 14.8. The first-order valence-corrected chi connectivity index (χ1v) is 6.38. The summed E-state index contributed by atoms with van der Waals surface area (Å²) in [5, 5.41) is 2.92. The van der Waals surface area contributed by atoms with Gasteiger partial charge in [0.25, 0.3) is 0 Å². The number of aromatic nitrogens is 3. The lowest BCUT2D eigenvalue weighted by molar-refractivity contribution is -0.123. The molecule has 0 aromatic carbocycles. The van der Waals surface area contributed by atoms with Gasteiger partial charge < -0.3 is 15.6 Å². The van der Waals surface area contributed by atoms with Crippen LogP contribution in [-0.2, 0) is 11.3 Å². The summed E-state index contributed by atoms with van der Waals surface area (Å²) in [6.45, 7) is 6.06. The number of pyridine rings is 1. The van der Waals surface area contributed by atoms with Gasteiger partial charge in [-0.1, -0.05) is 0 Å². The Kier molecular flexibility index (Phi) is 3.74. The van der Waals surface area contributed by atoms with Crippen LogP contribution in [-0.4, -0.2) is 26.0 Å². The van der Waals surface area contributed by atoms with E-state index in [1.807, 2.05) is 26.8 Å². The molecule has 0 radical (unpaired) electrons. The van der Waals surface area contributed by atoms with E-state index in [1.165, 1.54) is 0 Å². The zero-order valence-electron chi connectivity index (χ0n) is 11.9. The van der Waals surface area contributed by atoms with Crippen molar-refractivity contribution >= 4 is 11.7 Å². The molecule has 2 aromatic rings. The van der Waals surface area contributed by atoms with Gasteiger partial charge in [0, 0.05) is 17.3 Å². The van der Waals surface area contributed by atoms with Gasteiger partial charge in [-0.15, -0.1) is 0 Å². The van der Waals surface area contributed by atoms with Crippen molar-refractivity contribution in [2.24, 2.45) is 0 Å². The summed E-state index contributed by atoms with van der Waals surface area (Å²) in [6, 6.07) is 3.60. The third kappa shape index (κ3) is 3.57. The number of hydrogen-bond donors (Lipinski definition) is 2. The Morgan fingerprint density at radius 2 is 2.20 bits per heavy atom. The molecule has 6 heteroatoms. The van der Waals surface area contributed by atoms with Crippen LogP contribution in [0.15, 0.2) is 30.9 Å². The highest BCUT2D eigenvalue weighted by atomic mass is 16.2. The summed E-state index contributed by atoms with van der Waals surface area (Å²) < 4.78 is 1.79. The highest BCUT2D eigenvalue weighted by Crippen LogP contribution is 2.19. The van der Waals surface area contributed by atoms with E-state index >= 15 is 0 Å². The normalized spacial score (nSPS) is 11.3. The summed E-state index contributed by atoms with van der Waals surface area (Å²) in [7, 11) is 0. The lowest BCUT2D eigenvalue weighted by Gasteiger charge is -2.21. The molecule has 3 N–H and O–H groups in total. The number of nitrogens with zero attached hydrogens (tertiary/aromatic N) is 3. The van der Waals surface area contributed by atoms with Crippen molar-refractivity contribution in [3.8, 4) is 11.3 Å². The molecule has 0 aliphatic heterocycles. The Morgan fingerprint density at radius 3 is 2.85 bits per heavy atom. The van der Waals surface area contributed by atoms with Crippen LogP contribution >= 0.6 is 0 Å². The molecule has 0 bridgehead atoms. The fourth-order valence-corrected chi connectivity index (χ4v) is 1.91. The standard InChI is InChI=1S/C14H19N5O/c1-14(2,3)18-13(20)8-19-9-16-7-11(19)10-4-5-17-12(15)6-10/h4-7,9H,8H2,1-3H3,(H2,15,17)(H,18,20). The van der Waals surface area contributed by atoms with E-state index in [0.29, 0.717) is 5.82 Å². The number of imidazole rings is 1. The average Bonchev–Trinajstić information content (AvgIpc) is 2.74. The van der Waals surface area contributed by atoms with Crippen LogP contribution in [0, 0.1) is 0 Å². The van der Waals surface area contributed by atoms with Crippen LogP contribution in [0.25, 0.3) is 11.3 Å². The Labute approximate surface area is 118 Å². The van der Waals surface area contributed by atoms with Gasteiger partial charge in [0.1, 0.15) is 12.4 Å². The van der Waals surface area contributed by atoms with Gasteiger partial charge >= 0.3 is 0 Å². The molecule has 2 heterocycles. The molecule has 6 nitrogen and oxygen atoms in total. The molecule has 0 aliphatic carbocycles. The van der Waals surface area contributed by atoms with E-state index in [0.717, 1.165) is 11.3 Å². The fraction of sp³-hybridized carbons (Fsp3) is 0.357. The van der Waals surface area contributed by atoms with Gasteiger partial charge in [0.05, 0.1) is 18.2 Å². The predicted octanol–water partition coefficient (Wildman–Crippen LogP) is 1.44. The van der Waals surface area contributed by atoms with Crippen LogP contribution in [0.4, 0.5) is 5.82 Å². The minimum absolute atomic E-state index is 0.0567. The number of anilines is 1. The first-order valence-electron chi connectivity index (χ1n) is 6.38. The number of carbonyl (C=O) groups excluding carboxylic acids is 1. The Morgan fingerprint density at radius 1 is 1.45 bits per heavy atom. The highest BCUT2D eigenvalue weighted by molar-refractivity contribution is 5.77. The summed E-state index contributed by atoms with van der Waals surface area (Å²) in [5.74, 6) is 0.383. The van der Waals surface area contributed by atoms with Crippen molar-refractivity contribution < 1.29 is 4.79 Å². The smallest absolute Gasteiger partial charge is 0.240 e. The average molecular weight is 273 g/mol. The Bertz CT molecular complexity index is 612. The number of carbonyl (C=O) groups is 1. The number of nitrogens with one attached hydrogen (secondary N) is 1. The molecule has 0 unspecified atom stereocenters.